The Labute approximate surface area is 128 Å². The number of halogens is 3. The van der Waals surface area contributed by atoms with Crippen LogP contribution in [0.3, 0.4) is 0 Å². The quantitative estimate of drug-likeness (QED) is 0.434. The maximum absolute atomic E-state index is 12.3. The molecular weight excluding hydrogens is 327 g/mol. The summed E-state index contributed by atoms with van der Waals surface area (Å²) in [5.74, 6) is -1.17. The van der Waals surface area contributed by atoms with E-state index in [4.69, 9.17) is 4.74 Å². The maximum atomic E-state index is 12.3. The predicted octanol–water partition coefficient (Wildman–Crippen LogP) is 3.22. The maximum Gasteiger partial charge on any atom is 0.534 e. The van der Waals surface area contributed by atoms with Gasteiger partial charge < -0.3 is 8.92 Å². The summed E-state index contributed by atoms with van der Waals surface area (Å²) in [6.07, 6.45) is -1.05. The van der Waals surface area contributed by atoms with E-state index in [1.165, 1.54) is 0 Å². The Balaban J connectivity index is 5.29. The summed E-state index contributed by atoms with van der Waals surface area (Å²) in [7, 11) is -5.90. The number of amides is 1. The van der Waals surface area contributed by atoms with Crippen molar-refractivity contribution in [3.63, 3.8) is 0 Å². The lowest BCUT2D eigenvalue weighted by Gasteiger charge is -2.29. The fourth-order valence-electron chi connectivity index (χ4n) is 1.18. The van der Waals surface area contributed by atoms with Crippen molar-refractivity contribution < 1.29 is 35.3 Å². The molecule has 0 aliphatic heterocycles. The molecule has 0 atom stereocenters. The molecule has 0 aliphatic rings. The van der Waals surface area contributed by atoms with Crippen LogP contribution in [0.2, 0.25) is 0 Å². The Morgan fingerprint density at radius 1 is 1.23 bits per heavy atom. The fourth-order valence-corrected chi connectivity index (χ4v) is 1.62. The monoisotopic (exact) mass is 347 g/mol. The molecule has 0 aromatic rings. The van der Waals surface area contributed by atoms with Crippen molar-refractivity contribution in [3.8, 4) is 0 Å². The third-order valence-corrected chi connectivity index (χ3v) is 2.93. The van der Waals surface area contributed by atoms with Crippen LogP contribution in [-0.2, 0) is 19.0 Å². The zero-order chi connectivity index (χ0) is 17.9. The first kappa shape index (κ1) is 20.6. The summed E-state index contributed by atoms with van der Waals surface area (Å²) in [6, 6.07) is 0. The average molecular weight is 347 g/mol. The normalized spacial score (nSPS) is 13.0. The molecule has 0 saturated carbocycles. The number of carbonyl (C=O) groups is 1. The van der Waals surface area contributed by atoms with Crippen LogP contribution in [0.15, 0.2) is 12.5 Å². The van der Waals surface area contributed by atoms with Gasteiger partial charge in [0, 0.05) is 6.54 Å². The third kappa shape index (κ3) is 6.54. The number of nitrogens with zero attached hydrogens (tertiary/aromatic N) is 1. The van der Waals surface area contributed by atoms with E-state index in [2.05, 4.69) is 10.8 Å². The van der Waals surface area contributed by atoms with Gasteiger partial charge in [-0.2, -0.15) is 21.6 Å². The first-order valence-corrected chi connectivity index (χ1v) is 7.68. The number of carbonyl (C=O) groups excluding carboxylic acids is 1. The highest BCUT2D eigenvalue weighted by molar-refractivity contribution is 7.87. The van der Waals surface area contributed by atoms with Gasteiger partial charge in [-0.1, -0.05) is 13.8 Å². The largest absolute Gasteiger partial charge is 0.534 e. The van der Waals surface area contributed by atoms with E-state index in [-0.39, 0.29) is 12.5 Å². The molecule has 0 spiro atoms. The van der Waals surface area contributed by atoms with Gasteiger partial charge in [-0.25, -0.2) is 9.69 Å². The van der Waals surface area contributed by atoms with E-state index in [9.17, 15) is 26.4 Å². The van der Waals surface area contributed by atoms with Crippen molar-refractivity contribution in [2.45, 2.75) is 45.7 Å². The van der Waals surface area contributed by atoms with Crippen LogP contribution in [0.4, 0.5) is 18.0 Å². The summed E-state index contributed by atoms with van der Waals surface area (Å²) < 4.78 is 67.7. The first-order chi connectivity index (χ1) is 9.57. The summed E-state index contributed by atoms with van der Waals surface area (Å²) in [4.78, 5) is 12.6. The molecule has 0 saturated heterocycles. The minimum absolute atomic E-state index is 0.124. The number of ether oxygens (including phenoxy) is 1. The van der Waals surface area contributed by atoms with Gasteiger partial charge in [0.25, 0.3) is 0 Å². The van der Waals surface area contributed by atoms with Crippen LogP contribution < -0.4 is 0 Å². The van der Waals surface area contributed by atoms with Crippen LogP contribution >= 0.6 is 0 Å². The van der Waals surface area contributed by atoms with Crippen LogP contribution in [-0.4, -0.2) is 37.1 Å². The van der Waals surface area contributed by atoms with Crippen molar-refractivity contribution in [3.05, 3.63) is 12.5 Å². The van der Waals surface area contributed by atoms with Gasteiger partial charge in [-0.05, 0) is 33.3 Å². The van der Waals surface area contributed by atoms with Crippen molar-refractivity contribution in [2.24, 2.45) is 5.92 Å². The van der Waals surface area contributed by atoms with Crippen molar-refractivity contribution >= 4 is 16.2 Å². The first-order valence-electron chi connectivity index (χ1n) is 6.27. The molecule has 0 aliphatic carbocycles. The SMILES string of the molecule is C=C(OS(=O)(=O)C(F)(F)F)N(CC(C)C)C(=O)OC(C)(C)C. The highest BCUT2D eigenvalue weighted by Crippen LogP contribution is 2.27. The number of hydrogen-bond acceptors (Lipinski definition) is 5. The average Bonchev–Trinajstić information content (AvgIpc) is 2.20. The topological polar surface area (TPSA) is 72.9 Å². The standard InChI is InChI=1S/C12H20F3NO5S/c1-8(2)7-16(10(17)20-11(4,5)6)9(3)21-22(18,19)12(13,14)15/h8H,3,7H2,1-2,4-6H3. The Bertz CT molecular complexity index is 520. The van der Waals surface area contributed by atoms with E-state index in [1.807, 2.05) is 0 Å². The lowest BCUT2D eigenvalue weighted by Crippen LogP contribution is -2.40. The van der Waals surface area contributed by atoms with E-state index >= 15 is 0 Å². The van der Waals surface area contributed by atoms with E-state index in [1.54, 1.807) is 34.6 Å². The van der Waals surface area contributed by atoms with Crippen LogP contribution in [0, 0.1) is 5.92 Å². The van der Waals surface area contributed by atoms with Crippen molar-refractivity contribution in [2.75, 3.05) is 6.54 Å². The molecule has 0 fully saturated rings. The zero-order valence-electron chi connectivity index (χ0n) is 13.0. The van der Waals surface area contributed by atoms with E-state index < -0.39 is 33.2 Å². The third-order valence-electron chi connectivity index (χ3n) is 1.95. The zero-order valence-corrected chi connectivity index (χ0v) is 13.8. The minimum Gasteiger partial charge on any atom is -0.443 e. The number of alkyl halides is 3. The van der Waals surface area contributed by atoms with Crippen molar-refractivity contribution in [1.82, 2.24) is 4.90 Å². The summed E-state index contributed by atoms with van der Waals surface area (Å²) >= 11 is 0. The van der Waals surface area contributed by atoms with Gasteiger partial charge in [-0.15, -0.1) is 0 Å². The van der Waals surface area contributed by atoms with Gasteiger partial charge in [0.15, 0.2) is 0 Å². The minimum atomic E-state index is -5.90. The molecule has 0 bridgehead atoms. The number of rotatable bonds is 5. The highest BCUT2D eigenvalue weighted by Gasteiger charge is 2.49. The molecule has 0 rings (SSSR count). The molecule has 22 heavy (non-hydrogen) atoms. The van der Waals surface area contributed by atoms with Gasteiger partial charge in [0.1, 0.15) is 5.60 Å². The molecule has 0 aromatic carbocycles. The predicted molar refractivity (Wildman–Crippen MR) is 73.0 cm³/mol. The lowest BCUT2D eigenvalue weighted by molar-refractivity contribution is -0.0542. The second-order valence-corrected chi connectivity index (χ2v) is 7.40. The van der Waals surface area contributed by atoms with Crippen molar-refractivity contribution in [1.29, 1.82) is 0 Å². The van der Waals surface area contributed by atoms with E-state index in [0.717, 1.165) is 0 Å². The molecule has 0 N–H and O–H groups in total. The van der Waals surface area contributed by atoms with Gasteiger partial charge in [-0.3, -0.25) is 0 Å². The van der Waals surface area contributed by atoms with Crippen LogP contribution in [0.1, 0.15) is 34.6 Å². The molecule has 0 aromatic heterocycles. The molecular formula is C12H20F3NO5S. The van der Waals surface area contributed by atoms with Crippen LogP contribution in [0.25, 0.3) is 0 Å². The molecule has 1 amide bonds. The molecule has 0 heterocycles. The fraction of sp³-hybridized carbons (Fsp3) is 0.750. The summed E-state index contributed by atoms with van der Waals surface area (Å²) in [6.45, 7) is 10.9. The van der Waals surface area contributed by atoms with Gasteiger partial charge >= 0.3 is 21.7 Å². The second kappa shape index (κ2) is 6.76. The van der Waals surface area contributed by atoms with Crippen LogP contribution in [0.5, 0.6) is 0 Å². The summed E-state index contributed by atoms with van der Waals surface area (Å²) in [5, 5.41) is 0. The summed E-state index contributed by atoms with van der Waals surface area (Å²) in [5.41, 5.74) is -6.54. The smallest absolute Gasteiger partial charge is 0.443 e. The number of hydrogen-bond donors (Lipinski definition) is 0. The molecule has 0 radical (unpaired) electrons. The molecule has 0 unspecified atom stereocenters. The Morgan fingerprint density at radius 3 is 2.00 bits per heavy atom. The van der Waals surface area contributed by atoms with E-state index in [0.29, 0.717) is 4.90 Å². The van der Waals surface area contributed by atoms with Gasteiger partial charge in [0.2, 0.25) is 5.88 Å². The molecule has 130 valence electrons. The molecule has 10 heteroatoms. The Kier molecular flexibility index (Phi) is 6.31. The second-order valence-electron chi connectivity index (χ2n) is 5.86. The van der Waals surface area contributed by atoms with Gasteiger partial charge in [0.05, 0.1) is 0 Å². The lowest BCUT2D eigenvalue weighted by atomic mass is 10.2. The highest BCUT2D eigenvalue weighted by atomic mass is 32.2. The Hall–Kier alpha value is -1.45. The molecule has 6 nitrogen and oxygen atoms in total. The Morgan fingerprint density at radius 2 is 1.68 bits per heavy atom.